The van der Waals surface area contributed by atoms with E-state index in [0.29, 0.717) is 5.56 Å². The van der Waals surface area contributed by atoms with E-state index in [9.17, 15) is 33.1 Å². The van der Waals surface area contributed by atoms with Crippen LogP contribution in [0.2, 0.25) is 0 Å². The van der Waals surface area contributed by atoms with Gasteiger partial charge in [-0.2, -0.15) is 8.78 Å². The molecule has 2 aromatic rings. The maximum Gasteiger partial charge on any atom is 0.326 e. The fourth-order valence-corrected chi connectivity index (χ4v) is 4.87. The third-order valence-corrected chi connectivity index (χ3v) is 6.69. The molecule has 3 amide bonds. The van der Waals surface area contributed by atoms with Crippen molar-refractivity contribution in [3.63, 3.8) is 0 Å². The summed E-state index contributed by atoms with van der Waals surface area (Å²) in [5, 5.41) is 17.3. The number of alkyl halides is 3. The number of benzene rings is 2. The number of aliphatic carboxylic acids is 1. The lowest BCUT2D eigenvalue weighted by atomic mass is 10.0. The molecule has 0 spiro atoms. The number of carbonyl (C=O) groups is 4. The summed E-state index contributed by atoms with van der Waals surface area (Å²) < 4.78 is 44.8. The highest BCUT2D eigenvalue weighted by molar-refractivity contribution is 5.99. The lowest BCUT2D eigenvalue weighted by Gasteiger charge is -2.23. The molecule has 4 N–H and O–H groups in total. The largest absolute Gasteiger partial charge is 0.480 e. The minimum Gasteiger partial charge on any atom is -0.480 e. The molecule has 0 saturated carbocycles. The van der Waals surface area contributed by atoms with E-state index < -0.39 is 54.9 Å². The van der Waals surface area contributed by atoms with Crippen molar-refractivity contribution in [2.75, 3.05) is 32.7 Å². The highest BCUT2D eigenvalue weighted by Crippen LogP contribution is 2.50. The molecule has 12 heteroatoms. The molecule has 4 rings (SSSR count). The van der Waals surface area contributed by atoms with Crippen molar-refractivity contribution in [2.45, 2.75) is 31.0 Å². The normalized spacial score (nSPS) is 20.9. The number of rotatable bonds is 9. The van der Waals surface area contributed by atoms with Crippen LogP contribution >= 0.6 is 0 Å². The first kappa shape index (κ1) is 27.1. The molecular weight excluding hydrogens is 505 g/mol. The number of nitrogens with zero attached hydrogens (tertiary/aromatic N) is 1. The molecule has 1 aliphatic heterocycles. The van der Waals surface area contributed by atoms with Crippen LogP contribution in [0.5, 0.6) is 0 Å². The van der Waals surface area contributed by atoms with Gasteiger partial charge in [0.05, 0.1) is 13.1 Å². The predicted molar refractivity (Wildman–Crippen MR) is 130 cm³/mol. The summed E-state index contributed by atoms with van der Waals surface area (Å²) in [5.41, 5.74) is -1.83. The average molecular weight is 533 g/mol. The molecule has 1 aliphatic carbocycles. The lowest BCUT2D eigenvalue weighted by Crippen LogP contribution is -2.47. The second kappa shape index (κ2) is 10.4. The maximum absolute atomic E-state index is 15.3. The van der Waals surface area contributed by atoms with Crippen molar-refractivity contribution in [1.82, 2.24) is 20.9 Å². The number of carboxylic acid groups (broad SMARTS) is 1. The molecule has 2 aliphatic rings. The monoisotopic (exact) mass is 532 g/mol. The van der Waals surface area contributed by atoms with Crippen LogP contribution in [0.4, 0.5) is 13.2 Å². The highest BCUT2D eigenvalue weighted by atomic mass is 19.3. The van der Waals surface area contributed by atoms with Crippen molar-refractivity contribution >= 4 is 23.7 Å². The van der Waals surface area contributed by atoms with Crippen molar-refractivity contribution < 1.29 is 37.5 Å². The van der Waals surface area contributed by atoms with Gasteiger partial charge in [0.1, 0.15) is 11.7 Å². The van der Waals surface area contributed by atoms with E-state index in [1.54, 1.807) is 6.07 Å². The summed E-state index contributed by atoms with van der Waals surface area (Å²) in [6.45, 7) is 0.538. The zero-order chi connectivity index (χ0) is 27.7. The molecule has 0 unspecified atom stereocenters. The van der Waals surface area contributed by atoms with E-state index in [1.807, 2.05) is 0 Å². The average Bonchev–Trinajstić information content (AvgIpc) is 3.34. The summed E-state index contributed by atoms with van der Waals surface area (Å²) in [7, 11) is 0. The number of likely N-dealkylation sites (tertiary alicyclic amines) is 1. The van der Waals surface area contributed by atoms with E-state index in [2.05, 4.69) is 16.0 Å². The first-order valence-electron chi connectivity index (χ1n) is 12.0. The fourth-order valence-electron chi connectivity index (χ4n) is 4.87. The third-order valence-electron chi connectivity index (χ3n) is 6.69. The molecule has 202 valence electrons. The minimum atomic E-state index is -3.20. The number of nitrogens with one attached hydrogen (secondary N) is 3. The summed E-state index contributed by atoms with van der Waals surface area (Å²) in [6, 6.07) is 8.30. The van der Waals surface area contributed by atoms with Gasteiger partial charge in [0.25, 0.3) is 11.8 Å². The molecule has 0 aromatic heterocycles. The Morgan fingerprint density at radius 3 is 2.42 bits per heavy atom. The second-order valence-electron chi connectivity index (χ2n) is 9.45. The van der Waals surface area contributed by atoms with Crippen LogP contribution in [0.3, 0.4) is 0 Å². The van der Waals surface area contributed by atoms with Gasteiger partial charge >= 0.3 is 5.97 Å². The molecule has 2 atom stereocenters. The van der Waals surface area contributed by atoms with Gasteiger partial charge in [-0.25, -0.2) is 9.18 Å². The zero-order valence-corrected chi connectivity index (χ0v) is 20.5. The quantitative estimate of drug-likeness (QED) is 0.364. The van der Waals surface area contributed by atoms with Crippen LogP contribution in [-0.4, -0.2) is 78.1 Å². The van der Waals surface area contributed by atoms with Crippen molar-refractivity contribution in [3.8, 4) is 11.1 Å². The molecule has 38 heavy (non-hydrogen) atoms. The second-order valence-corrected chi connectivity index (χ2v) is 9.45. The van der Waals surface area contributed by atoms with E-state index in [4.69, 9.17) is 0 Å². The molecule has 9 nitrogen and oxygen atoms in total. The number of hydrogen-bond acceptors (Lipinski definition) is 5. The molecular formula is C26H27F3N4O5. The lowest BCUT2D eigenvalue weighted by molar-refractivity contribution is -0.147. The molecule has 2 aromatic carbocycles. The summed E-state index contributed by atoms with van der Waals surface area (Å²) in [4.78, 5) is 49.0. The highest BCUT2D eigenvalue weighted by Gasteiger charge is 2.49. The Balaban J connectivity index is 1.39. The Hall–Kier alpha value is -3.93. The van der Waals surface area contributed by atoms with E-state index in [0.717, 1.165) is 4.90 Å². The number of carboxylic acids is 1. The molecule has 0 bridgehead atoms. The van der Waals surface area contributed by atoms with E-state index in [1.165, 1.54) is 43.3 Å². The first-order chi connectivity index (χ1) is 17.9. The number of carbonyl (C=O) groups excluding carboxylic acids is 3. The molecule has 1 fully saturated rings. The number of halogens is 3. The van der Waals surface area contributed by atoms with E-state index in [-0.39, 0.29) is 47.8 Å². The predicted octanol–water partition coefficient (Wildman–Crippen LogP) is 1.66. The Morgan fingerprint density at radius 2 is 1.71 bits per heavy atom. The summed E-state index contributed by atoms with van der Waals surface area (Å²) in [5.74, 6) is -6.32. The van der Waals surface area contributed by atoms with Crippen LogP contribution in [0.1, 0.15) is 34.8 Å². The maximum atomic E-state index is 15.3. The van der Waals surface area contributed by atoms with Gasteiger partial charge in [-0.3, -0.25) is 14.4 Å². The summed E-state index contributed by atoms with van der Waals surface area (Å²) >= 11 is 0. The van der Waals surface area contributed by atoms with Gasteiger partial charge in [-0.05, 0) is 23.3 Å². The smallest absolute Gasteiger partial charge is 0.326 e. The van der Waals surface area contributed by atoms with Gasteiger partial charge < -0.3 is 26.0 Å². The Labute approximate surface area is 216 Å². The summed E-state index contributed by atoms with van der Waals surface area (Å²) in [6.07, 6.45) is -0.437. The van der Waals surface area contributed by atoms with Crippen LogP contribution in [0.25, 0.3) is 11.1 Å². The van der Waals surface area contributed by atoms with Crippen molar-refractivity contribution in [2.24, 2.45) is 0 Å². The Morgan fingerprint density at radius 1 is 1.00 bits per heavy atom. The first-order valence-corrected chi connectivity index (χ1v) is 12.0. The number of hydrogen-bond donors (Lipinski definition) is 4. The molecule has 0 radical (unpaired) electrons. The van der Waals surface area contributed by atoms with Gasteiger partial charge in [0.2, 0.25) is 11.8 Å². The van der Waals surface area contributed by atoms with Crippen molar-refractivity contribution in [3.05, 3.63) is 59.2 Å². The van der Waals surface area contributed by atoms with Gasteiger partial charge in [-0.15, -0.1) is 0 Å². The van der Waals surface area contributed by atoms with Crippen molar-refractivity contribution in [1.29, 1.82) is 0 Å². The Bertz CT molecular complexity index is 1290. The fraction of sp³-hybridized carbons (Fsp3) is 0.385. The van der Waals surface area contributed by atoms with Crippen LogP contribution in [0.15, 0.2) is 42.5 Å². The topological polar surface area (TPSA) is 128 Å². The molecule has 1 heterocycles. The third kappa shape index (κ3) is 5.35. The SMILES string of the molecule is CC(=O)NCCNC[C@@]1(F)C[C@@H](C(=O)O)N(C(=O)CNC(=O)c2ccc3c(c2)-c2ccccc2C3(F)F)C1. The van der Waals surface area contributed by atoms with Crippen LogP contribution in [0, 0.1) is 0 Å². The molecule has 1 saturated heterocycles. The van der Waals surface area contributed by atoms with E-state index >= 15 is 4.39 Å². The van der Waals surface area contributed by atoms with Crippen LogP contribution in [-0.2, 0) is 20.3 Å². The Kier molecular flexibility index (Phi) is 7.45. The zero-order valence-electron chi connectivity index (χ0n) is 20.5. The number of amides is 3. The van der Waals surface area contributed by atoms with Crippen LogP contribution < -0.4 is 16.0 Å². The van der Waals surface area contributed by atoms with Gasteiger partial charge in [0, 0.05) is 49.7 Å². The van der Waals surface area contributed by atoms with Gasteiger partial charge in [-0.1, -0.05) is 30.3 Å². The standard InChI is InChI=1S/C26H27F3N4O5/c1-15(34)31-9-8-30-13-25(27)11-21(24(37)38)33(14-25)22(35)12-32-23(36)16-6-7-20-18(10-16)17-4-2-3-5-19(17)26(20,28)29/h2-7,10,21,30H,8-9,11-14H2,1H3,(H,31,34)(H,32,36)(H,37,38)/t21-,25-/m0/s1. The minimum absolute atomic E-state index is 0.0449. The number of fused-ring (bicyclic) bond motifs is 3. The van der Waals surface area contributed by atoms with Gasteiger partial charge in [0.15, 0.2) is 0 Å².